The molecule has 7 rings (SSSR count). The molecule has 0 saturated carbocycles. The zero-order chi connectivity index (χ0) is 52.4. The number of anilines is 2. The van der Waals surface area contributed by atoms with Crippen molar-refractivity contribution in [2.24, 2.45) is 20.5 Å². The number of carbonyl (C=O) groups excluding carboxylic acids is 2. The summed E-state index contributed by atoms with van der Waals surface area (Å²) < 4.78 is 83.5. The number of phenols is 2. The molecule has 7 aromatic rings. The predicted octanol–water partition coefficient (Wildman–Crippen LogP) is -1.74. The average molecular weight is 1300 g/mol. The minimum atomic E-state index is -5.44. The summed E-state index contributed by atoms with van der Waals surface area (Å²) in [5, 5.41) is 72.3. The molecule has 7 aromatic carbocycles. The third-order valence-electron chi connectivity index (χ3n) is 10.0. The number of fused-ring (bicyclic) bond motifs is 2. The smallest absolute Gasteiger partial charge is 0.744 e. The van der Waals surface area contributed by atoms with E-state index in [9.17, 15) is 56.3 Å². The molecule has 34 heteroatoms. The van der Waals surface area contributed by atoms with Crippen LogP contribution in [0.5, 0.6) is 11.5 Å². The van der Waals surface area contributed by atoms with Gasteiger partial charge in [0, 0.05) is 20.7 Å². The molecule has 0 radical (unpaired) electrons. The molecule has 0 saturated heterocycles. The van der Waals surface area contributed by atoms with E-state index >= 15 is 0 Å². The summed E-state index contributed by atoms with van der Waals surface area (Å²) in [5.41, 5.74) is -1.48. The first-order valence-electron chi connectivity index (χ1n) is 19.3. The number of hydrogen-bond donors (Lipinski definition) is 4. The number of azo groups is 2. The van der Waals surface area contributed by atoms with E-state index in [0.29, 0.717) is 17.6 Å². The number of benzene rings is 7. The maximum Gasteiger partial charge on any atom is 1.00 e. The molecule has 0 heterocycles. The second-order valence-corrected chi connectivity index (χ2v) is 20.5. The van der Waals surface area contributed by atoms with E-state index in [1.807, 2.05) is 0 Å². The minimum absolute atomic E-state index is 0. The van der Waals surface area contributed by atoms with Gasteiger partial charge >= 0.3 is 206 Å². The molecular weight excluding hydrogens is 1270 g/mol. The molecule has 76 heavy (non-hydrogen) atoms. The van der Waals surface area contributed by atoms with Crippen LogP contribution in [0.25, 0.3) is 21.5 Å². The number of amides is 2. The average Bonchev–Trinajstić information content (AvgIpc) is 3.31. The summed E-state index contributed by atoms with van der Waals surface area (Å²) in [6.07, 6.45) is 0. The Labute approximate surface area is 629 Å². The third-order valence-corrected chi connectivity index (χ3v) is 14.2. The summed E-state index contributed by atoms with van der Waals surface area (Å²) in [6, 6.07) is 17.0. The molecule has 2 amide bonds. The molecule has 0 spiro atoms. The largest absolute Gasteiger partial charge is 1.00 e. The van der Waals surface area contributed by atoms with E-state index < -0.39 is 70.4 Å². The molecule has 0 aliphatic heterocycles. The van der Waals surface area contributed by atoms with Gasteiger partial charge in [0.05, 0.1) is 87.7 Å². The van der Waals surface area contributed by atoms with Crippen molar-refractivity contribution in [1.29, 1.82) is 0 Å². The molecular formula is C42H24Cl4K4N6O16S4. The van der Waals surface area contributed by atoms with Crippen molar-refractivity contribution in [1.82, 2.24) is 0 Å². The quantitative estimate of drug-likeness (QED) is 0.0208. The second-order valence-electron chi connectivity index (χ2n) is 14.6. The van der Waals surface area contributed by atoms with Gasteiger partial charge in [-0.25, -0.2) is 16.8 Å². The van der Waals surface area contributed by atoms with Crippen molar-refractivity contribution in [2.75, 3.05) is 10.6 Å². The normalized spacial score (nSPS) is 11.5. The van der Waals surface area contributed by atoms with Gasteiger partial charge in [0.25, 0.3) is 11.8 Å². The Morgan fingerprint density at radius 1 is 0.605 bits per heavy atom. The van der Waals surface area contributed by atoms with E-state index in [-0.39, 0.29) is 303 Å². The van der Waals surface area contributed by atoms with Crippen LogP contribution in [0.2, 0.25) is 20.1 Å². The molecule has 0 bridgehead atoms. The van der Waals surface area contributed by atoms with Crippen LogP contribution in [-0.4, -0.2) is 48.0 Å². The number of carbonyl (C=O) groups is 2. The molecule has 0 aliphatic rings. The van der Waals surface area contributed by atoms with Crippen LogP contribution >= 0.6 is 70.5 Å². The summed E-state index contributed by atoms with van der Waals surface area (Å²) in [4.78, 5) is 24.8. The minimum Gasteiger partial charge on any atom is -0.744 e. The predicted molar refractivity (Wildman–Crippen MR) is 256 cm³/mol. The van der Waals surface area contributed by atoms with Crippen molar-refractivity contribution in [3.05, 3.63) is 127 Å². The van der Waals surface area contributed by atoms with E-state index in [1.165, 1.54) is 74.5 Å². The Bertz CT molecular complexity index is 3710. The van der Waals surface area contributed by atoms with Gasteiger partial charge < -0.3 is 40.5 Å². The zero-order valence-corrected chi connectivity index (χ0v) is 58.4. The van der Waals surface area contributed by atoms with Gasteiger partial charge in [0.15, 0.2) is 11.5 Å². The number of rotatable bonds is 16. The first kappa shape index (κ1) is 71.0. The number of aromatic hydroxyl groups is 2. The molecule has 4 N–H and O–H groups in total. The van der Waals surface area contributed by atoms with Crippen LogP contribution in [0.3, 0.4) is 0 Å². The van der Waals surface area contributed by atoms with Gasteiger partial charge in [-0.2, -0.15) is 18.9 Å². The fraction of sp³-hybridized carbons (Fsp3) is 0.0476. The topological polar surface area (TPSA) is 346 Å². The Kier molecular flexibility index (Phi) is 29.1. The molecule has 0 aromatic heterocycles. The van der Waals surface area contributed by atoms with Crippen LogP contribution in [0, 0.1) is 13.8 Å². The number of aryl methyl sites for hydroxylation is 2. The van der Waals surface area contributed by atoms with E-state index in [1.54, 1.807) is 0 Å². The van der Waals surface area contributed by atoms with Crippen LogP contribution < -0.4 is 227 Å². The van der Waals surface area contributed by atoms with Crippen LogP contribution in [-0.2, 0) is 39.0 Å². The number of hydrogen-bond acceptors (Lipinski definition) is 22. The molecule has 0 atom stereocenters. The summed E-state index contributed by atoms with van der Waals surface area (Å²) >= 11 is 25.2. The third kappa shape index (κ3) is 17.2. The Morgan fingerprint density at radius 2 is 1.14 bits per heavy atom. The van der Waals surface area contributed by atoms with Crippen LogP contribution in [0.4, 0.5) is 34.1 Å². The van der Waals surface area contributed by atoms with Crippen LogP contribution in [0.15, 0.2) is 125 Å². The van der Waals surface area contributed by atoms with Crippen molar-refractivity contribution in [3.8, 4) is 11.5 Å². The SMILES string of the molecule is Cc1cc(N=Nc2c(S(=O)(=O)[O-])cc3cc(SOO[O-])cc(NC(=O)c4cccc(Cl)c4Cl)c3c2O)c(C)cc1N=Nc1c(SOO[O-])cc2cc(S(=O)(=O)[O-])cc(NC(=O)c3cc(Cl)ccc3Cl)c2c1O.[K+].[K+].[K+].[K+]. The van der Waals surface area contributed by atoms with E-state index in [0.717, 1.165) is 24.3 Å². The van der Waals surface area contributed by atoms with Gasteiger partial charge in [-0.15, -0.1) is 10.2 Å². The summed E-state index contributed by atoms with van der Waals surface area (Å²) in [7, 11) is -10.6. The Hall–Kier alpha value is 0.785. The van der Waals surface area contributed by atoms with E-state index in [2.05, 4.69) is 49.8 Å². The zero-order valence-electron chi connectivity index (χ0n) is 39.6. The summed E-state index contributed by atoms with van der Waals surface area (Å²) in [5.74, 6) is -3.49. The molecule has 0 unspecified atom stereocenters. The monoisotopic (exact) mass is 1290 g/mol. The van der Waals surface area contributed by atoms with Gasteiger partial charge in [-0.1, -0.05) is 52.5 Å². The fourth-order valence-electron chi connectivity index (χ4n) is 6.80. The van der Waals surface area contributed by atoms with Gasteiger partial charge in [-0.3, -0.25) is 19.7 Å². The molecule has 22 nitrogen and oxygen atoms in total. The van der Waals surface area contributed by atoms with Gasteiger partial charge in [0.1, 0.15) is 31.6 Å². The van der Waals surface area contributed by atoms with Gasteiger partial charge in [0.2, 0.25) is 0 Å². The first-order chi connectivity index (χ1) is 34.0. The van der Waals surface area contributed by atoms with Crippen molar-refractivity contribution in [2.45, 2.75) is 33.4 Å². The second kappa shape index (κ2) is 31.1. The maximum atomic E-state index is 13.5. The number of halogens is 4. The number of phenolic OH excluding ortho intramolecular Hbond substituents is 2. The van der Waals surface area contributed by atoms with Crippen molar-refractivity contribution >= 4 is 158 Å². The van der Waals surface area contributed by atoms with E-state index in [4.69, 9.17) is 46.4 Å². The van der Waals surface area contributed by atoms with Gasteiger partial charge in [-0.05, 0) is 115 Å². The standard InChI is InChI=1S/C42H28Cl4N6O16S4.4K/c1-17-9-29(50-52-38-33(72(62,63)64)13-19-10-22(69-67-65-57)15-30(34(19)40(38)54)47-41(55)24-4-3-5-27(45)36(24)46)18(2)8-28(17)49-51-37-32(70-68-66-58)12-20-11-23(71(59,60)61)16-31(35(20)39(37)53)48-42(56)25-14-21(43)6-7-26(25)44;;;;/h3-16,53-54,57-58H,1-2H3,(H,47,55)(H,48,56)(H,59,60,61)(H,62,63,64);;;;/q;4*+1/p-4. The first-order valence-corrected chi connectivity index (χ1v) is 25.1. The van der Waals surface area contributed by atoms with Crippen molar-refractivity contribution < 1.29 is 281 Å². The number of nitrogens with zero attached hydrogens (tertiary/aromatic N) is 4. The Morgan fingerprint density at radius 3 is 1.72 bits per heavy atom. The maximum absolute atomic E-state index is 13.5. The van der Waals surface area contributed by atoms with Crippen LogP contribution in [0.1, 0.15) is 31.8 Å². The Balaban J connectivity index is 0.00000380. The molecule has 0 aliphatic carbocycles. The molecule has 0 fully saturated rings. The fourth-order valence-corrected chi connectivity index (χ4v) is 9.68. The number of nitrogens with one attached hydrogen (secondary N) is 2. The van der Waals surface area contributed by atoms with Crippen molar-refractivity contribution in [3.63, 3.8) is 0 Å². The summed E-state index contributed by atoms with van der Waals surface area (Å²) in [6.45, 7) is 3.03. The molecule has 374 valence electrons.